The summed E-state index contributed by atoms with van der Waals surface area (Å²) >= 11 is 0. The molecule has 3 nitrogen and oxygen atoms in total. The van der Waals surface area contributed by atoms with Crippen LogP contribution in [0.2, 0.25) is 0 Å². The number of hydrogen-bond donors (Lipinski definition) is 0. The third-order valence-electron chi connectivity index (χ3n) is 4.78. The summed E-state index contributed by atoms with van der Waals surface area (Å²) in [6.07, 6.45) is 3.03. The fourth-order valence-electron chi connectivity index (χ4n) is 3.18. The van der Waals surface area contributed by atoms with Gasteiger partial charge in [-0.2, -0.15) is 0 Å². The topological polar surface area (TPSA) is 39.2 Å². The van der Waals surface area contributed by atoms with Gasteiger partial charge in [0.05, 0.1) is 11.4 Å². The minimum absolute atomic E-state index is 0.0689. The Morgan fingerprint density at radius 2 is 1.79 bits per heavy atom. The number of aryl methyl sites for hydroxylation is 1. The summed E-state index contributed by atoms with van der Waals surface area (Å²) in [6, 6.07) is 21.8. The number of rotatable bonds is 8. The van der Waals surface area contributed by atoms with Crippen molar-refractivity contribution in [1.29, 1.82) is 0 Å². The number of Topliss-reactive ketones (excluding diaryl/α,β-unsaturated/α-hetero) is 1. The smallest absolute Gasteiger partial charge is 0.159 e. The first-order valence-corrected chi connectivity index (χ1v) is 9.88. The van der Waals surface area contributed by atoms with Crippen LogP contribution >= 0.6 is 0 Å². The van der Waals surface area contributed by atoms with Gasteiger partial charge in [-0.1, -0.05) is 55.8 Å². The van der Waals surface area contributed by atoms with Crippen molar-refractivity contribution in [3.63, 3.8) is 0 Å². The van der Waals surface area contributed by atoms with Gasteiger partial charge in [0.2, 0.25) is 0 Å². The maximum atomic E-state index is 11.5. The molecule has 0 unspecified atom stereocenters. The molecule has 0 fully saturated rings. The van der Waals surface area contributed by atoms with Crippen LogP contribution in [-0.4, -0.2) is 10.8 Å². The first-order chi connectivity index (χ1) is 13.6. The van der Waals surface area contributed by atoms with E-state index in [2.05, 4.69) is 26.0 Å². The summed E-state index contributed by atoms with van der Waals surface area (Å²) in [5, 5.41) is 0. The first-order valence-electron chi connectivity index (χ1n) is 9.88. The summed E-state index contributed by atoms with van der Waals surface area (Å²) in [7, 11) is 0. The van der Waals surface area contributed by atoms with Crippen LogP contribution in [0, 0.1) is 6.92 Å². The van der Waals surface area contributed by atoms with E-state index in [-0.39, 0.29) is 11.9 Å². The SMILES string of the molecule is CCCC[C@@H](Oc1cccc(C)c1)c1cccc(-c2ccc(C(C)=O)cc2)n1. The fraction of sp³-hybridized carbons (Fsp3) is 0.280. The normalized spacial score (nSPS) is 11.8. The van der Waals surface area contributed by atoms with Gasteiger partial charge < -0.3 is 4.74 Å². The molecule has 0 amide bonds. The zero-order chi connectivity index (χ0) is 19.9. The second-order valence-electron chi connectivity index (χ2n) is 7.15. The van der Waals surface area contributed by atoms with Gasteiger partial charge in [-0.15, -0.1) is 0 Å². The molecular formula is C25H27NO2. The van der Waals surface area contributed by atoms with Gasteiger partial charge in [0.15, 0.2) is 5.78 Å². The van der Waals surface area contributed by atoms with Crippen LogP contribution in [0.4, 0.5) is 0 Å². The number of carbonyl (C=O) groups excluding carboxylic acids is 1. The minimum Gasteiger partial charge on any atom is -0.484 e. The van der Waals surface area contributed by atoms with E-state index in [9.17, 15) is 4.79 Å². The Morgan fingerprint density at radius 1 is 1.04 bits per heavy atom. The molecule has 1 atom stereocenters. The fourth-order valence-corrected chi connectivity index (χ4v) is 3.18. The Morgan fingerprint density at radius 3 is 2.46 bits per heavy atom. The highest BCUT2D eigenvalue weighted by Crippen LogP contribution is 2.28. The van der Waals surface area contributed by atoms with Crippen molar-refractivity contribution < 1.29 is 9.53 Å². The summed E-state index contributed by atoms with van der Waals surface area (Å²) in [5.41, 5.74) is 4.71. The van der Waals surface area contributed by atoms with E-state index in [1.54, 1.807) is 6.92 Å². The van der Waals surface area contributed by atoms with Crippen molar-refractivity contribution in [1.82, 2.24) is 4.98 Å². The Kier molecular flexibility index (Phi) is 6.59. The van der Waals surface area contributed by atoms with Crippen LogP contribution in [0.3, 0.4) is 0 Å². The zero-order valence-corrected chi connectivity index (χ0v) is 16.8. The number of ether oxygens (including phenoxy) is 1. The van der Waals surface area contributed by atoms with E-state index in [1.165, 1.54) is 5.56 Å². The van der Waals surface area contributed by atoms with E-state index in [1.807, 2.05) is 54.6 Å². The summed E-state index contributed by atoms with van der Waals surface area (Å²) in [5.74, 6) is 0.943. The number of benzene rings is 2. The predicted octanol–water partition coefficient (Wildman–Crippen LogP) is 6.57. The number of carbonyl (C=O) groups is 1. The Hall–Kier alpha value is -2.94. The van der Waals surface area contributed by atoms with Gasteiger partial charge >= 0.3 is 0 Å². The quantitative estimate of drug-likeness (QED) is 0.419. The van der Waals surface area contributed by atoms with Crippen molar-refractivity contribution in [3.05, 3.63) is 83.6 Å². The van der Waals surface area contributed by atoms with Crippen LogP contribution in [0.5, 0.6) is 5.75 Å². The molecule has 0 N–H and O–H groups in total. The molecule has 3 aromatic rings. The summed E-state index contributed by atoms with van der Waals surface area (Å²) in [4.78, 5) is 16.4. The molecule has 28 heavy (non-hydrogen) atoms. The molecule has 2 aromatic carbocycles. The van der Waals surface area contributed by atoms with Crippen molar-refractivity contribution in [3.8, 4) is 17.0 Å². The lowest BCUT2D eigenvalue weighted by atomic mass is 10.0. The predicted molar refractivity (Wildman–Crippen MR) is 114 cm³/mol. The highest BCUT2D eigenvalue weighted by atomic mass is 16.5. The lowest BCUT2D eigenvalue weighted by Gasteiger charge is -2.19. The zero-order valence-electron chi connectivity index (χ0n) is 16.8. The number of hydrogen-bond acceptors (Lipinski definition) is 3. The molecule has 0 radical (unpaired) electrons. The molecule has 0 aliphatic heterocycles. The number of aromatic nitrogens is 1. The first kappa shape index (κ1) is 19.8. The third-order valence-corrected chi connectivity index (χ3v) is 4.78. The Bertz CT molecular complexity index is 931. The van der Waals surface area contributed by atoms with Crippen molar-refractivity contribution in [2.24, 2.45) is 0 Å². The summed E-state index contributed by atoms with van der Waals surface area (Å²) in [6.45, 7) is 5.83. The molecule has 0 saturated carbocycles. The Balaban J connectivity index is 1.87. The average molecular weight is 373 g/mol. The number of nitrogens with zero attached hydrogens (tertiary/aromatic N) is 1. The molecule has 144 valence electrons. The van der Waals surface area contributed by atoms with Gasteiger partial charge in [0, 0.05) is 11.1 Å². The molecule has 3 rings (SSSR count). The highest BCUT2D eigenvalue weighted by molar-refractivity contribution is 5.94. The van der Waals surface area contributed by atoms with Crippen LogP contribution in [-0.2, 0) is 0 Å². The number of ketones is 1. The van der Waals surface area contributed by atoms with Gasteiger partial charge in [-0.3, -0.25) is 4.79 Å². The van der Waals surface area contributed by atoms with E-state index in [0.717, 1.165) is 42.0 Å². The standard InChI is InChI=1S/C25H27NO2/c1-4-5-12-25(28-22-9-6-8-18(2)17-22)24-11-7-10-23(26-24)21-15-13-20(14-16-21)19(3)27/h6-11,13-17,25H,4-5,12H2,1-3H3/t25-/m1/s1. The van der Waals surface area contributed by atoms with Crippen LogP contribution in [0.15, 0.2) is 66.7 Å². The van der Waals surface area contributed by atoms with Gasteiger partial charge in [-0.25, -0.2) is 4.98 Å². The van der Waals surface area contributed by atoms with E-state index in [4.69, 9.17) is 9.72 Å². The van der Waals surface area contributed by atoms with E-state index >= 15 is 0 Å². The van der Waals surface area contributed by atoms with Crippen LogP contribution in [0.1, 0.15) is 60.8 Å². The molecule has 0 saturated heterocycles. The molecule has 0 aliphatic rings. The number of pyridine rings is 1. The summed E-state index contributed by atoms with van der Waals surface area (Å²) < 4.78 is 6.32. The average Bonchev–Trinajstić information content (AvgIpc) is 2.71. The lowest BCUT2D eigenvalue weighted by Crippen LogP contribution is -2.10. The van der Waals surface area contributed by atoms with Crippen molar-refractivity contribution >= 4 is 5.78 Å². The second-order valence-corrected chi connectivity index (χ2v) is 7.15. The molecule has 0 spiro atoms. The van der Waals surface area contributed by atoms with E-state index in [0.29, 0.717) is 5.56 Å². The monoisotopic (exact) mass is 373 g/mol. The maximum absolute atomic E-state index is 11.5. The maximum Gasteiger partial charge on any atom is 0.159 e. The Labute approximate surface area is 167 Å². The van der Waals surface area contributed by atoms with Gasteiger partial charge in [0.1, 0.15) is 11.9 Å². The van der Waals surface area contributed by atoms with Crippen molar-refractivity contribution in [2.45, 2.75) is 46.1 Å². The largest absolute Gasteiger partial charge is 0.484 e. The van der Waals surface area contributed by atoms with Crippen LogP contribution in [0.25, 0.3) is 11.3 Å². The molecule has 0 aliphatic carbocycles. The van der Waals surface area contributed by atoms with E-state index < -0.39 is 0 Å². The molecular weight excluding hydrogens is 346 g/mol. The molecule has 0 bridgehead atoms. The van der Waals surface area contributed by atoms with Crippen molar-refractivity contribution in [2.75, 3.05) is 0 Å². The second kappa shape index (κ2) is 9.32. The van der Waals surface area contributed by atoms with Crippen LogP contribution < -0.4 is 4.74 Å². The minimum atomic E-state index is -0.0850. The van der Waals surface area contributed by atoms with Gasteiger partial charge in [0.25, 0.3) is 0 Å². The third kappa shape index (κ3) is 5.07. The highest BCUT2D eigenvalue weighted by Gasteiger charge is 2.16. The molecule has 1 heterocycles. The number of unbranched alkanes of at least 4 members (excludes halogenated alkanes) is 1. The molecule has 3 heteroatoms. The molecule has 1 aromatic heterocycles. The van der Waals surface area contributed by atoms with Gasteiger partial charge in [-0.05, 0) is 56.5 Å². The lowest BCUT2D eigenvalue weighted by molar-refractivity contribution is 0.101.